The first kappa shape index (κ1) is 13.1. The highest BCUT2D eigenvalue weighted by Crippen LogP contribution is 2.14. The fourth-order valence-electron chi connectivity index (χ4n) is 1.96. The van der Waals surface area contributed by atoms with Gasteiger partial charge in [-0.1, -0.05) is 18.2 Å². The molecule has 0 amide bonds. The Balaban J connectivity index is 1.68. The van der Waals surface area contributed by atoms with Gasteiger partial charge in [0.15, 0.2) is 0 Å². The van der Waals surface area contributed by atoms with E-state index in [0.29, 0.717) is 0 Å². The van der Waals surface area contributed by atoms with Crippen molar-refractivity contribution in [1.29, 1.82) is 0 Å². The number of rotatable bonds is 6. The first-order valence-corrected chi connectivity index (χ1v) is 7.27. The van der Waals surface area contributed by atoms with Crippen molar-refractivity contribution in [3.63, 3.8) is 0 Å². The molecule has 0 saturated carbocycles. The van der Waals surface area contributed by atoms with Crippen LogP contribution in [0.5, 0.6) is 0 Å². The first-order chi connectivity index (χ1) is 8.77. The second-order valence-electron chi connectivity index (χ2n) is 4.56. The van der Waals surface area contributed by atoms with Crippen molar-refractivity contribution >= 4 is 17.0 Å². The average molecular weight is 260 g/mol. The lowest BCUT2D eigenvalue weighted by Crippen LogP contribution is -2.15. The summed E-state index contributed by atoms with van der Waals surface area (Å²) in [7, 11) is 0. The minimum atomic E-state index is 0.908. The number of thiophene rings is 1. The summed E-state index contributed by atoms with van der Waals surface area (Å²) >= 11 is 1.77. The van der Waals surface area contributed by atoms with E-state index in [0.717, 1.165) is 31.6 Å². The highest BCUT2D eigenvalue weighted by atomic mass is 32.1. The molecule has 0 unspecified atom stereocenters. The molecule has 1 heterocycles. The lowest BCUT2D eigenvalue weighted by Gasteiger charge is -2.06. The molecule has 0 saturated heterocycles. The summed E-state index contributed by atoms with van der Waals surface area (Å²) in [6.07, 6.45) is 2.17. The molecule has 3 N–H and O–H groups in total. The largest absolute Gasteiger partial charge is 0.399 e. The van der Waals surface area contributed by atoms with Crippen LogP contribution in [0, 0.1) is 6.92 Å². The summed E-state index contributed by atoms with van der Waals surface area (Å²) < 4.78 is 0. The predicted octanol–water partition coefficient (Wildman–Crippen LogP) is 3.36. The standard InChI is InChI=1S/C15H20N2S/c1-12-10-18-11-14(12)9-17-8-4-6-13-5-2-3-7-15(13)16/h2-3,5,7,10-11,17H,4,6,8-9,16H2,1H3. The van der Waals surface area contributed by atoms with Gasteiger partial charge in [-0.15, -0.1) is 0 Å². The van der Waals surface area contributed by atoms with Crippen molar-refractivity contribution in [2.45, 2.75) is 26.3 Å². The van der Waals surface area contributed by atoms with Crippen molar-refractivity contribution < 1.29 is 0 Å². The van der Waals surface area contributed by atoms with E-state index < -0.39 is 0 Å². The maximum absolute atomic E-state index is 5.91. The zero-order valence-electron chi connectivity index (χ0n) is 10.8. The van der Waals surface area contributed by atoms with Crippen LogP contribution >= 0.6 is 11.3 Å². The molecule has 2 nitrogen and oxygen atoms in total. The number of benzene rings is 1. The lowest BCUT2D eigenvalue weighted by atomic mass is 10.1. The molecule has 96 valence electrons. The molecule has 18 heavy (non-hydrogen) atoms. The molecule has 0 fully saturated rings. The van der Waals surface area contributed by atoms with Crippen molar-refractivity contribution in [3.8, 4) is 0 Å². The van der Waals surface area contributed by atoms with Gasteiger partial charge in [-0.3, -0.25) is 0 Å². The van der Waals surface area contributed by atoms with E-state index in [1.807, 2.05) is 18.2 Å². The number of nitrogen functional groups attached to an aromatic ring is 1. The van der Waals surface area contributed by atoms with E-state index in [-0.39, 0.29) is 0 Å². The number of hydrogen-bond donors (Lipinski definition) is 2. The van der Waals surface area contributed by atoms with E-state index in [2.05, 4.69) is 29.1 Å². The third-order valence-electron chi connectivity index (χ3n) is 3.13. The maximum atomic E-state index is 5.91. The summed E-state index contributed by atoms with van der Waals surface area (Å²) in [6.45, 7) is 4.17. The first-order valence-electron chi connectivity index (χ1n) is 6.33. The highest BCUT2D eigenvalue weighted by molar-refractivity contribution is 7.08. The van der Waals surface area contributed by atoms with Gasteiger partial charge in [-0.25, -0.2) is 0 Å². The van der Waals surface area contributed by atoms with Crippen LogP contribution in [0.3, 0.4) is 0 Å². The predicted molar refractivity (Wildman–Crippen MR) is 79.9 cm³/mol. The van der Waals surface area contributed by atoms with Crippen molar-refractivity contribution in [3.05, 3.63) is 51.7 Å². The third kappa shape index (κ3) is 3.59. The molecule has 1 aromatic carbocycles. The van der Waals surface area contributed by atoms with E-state index in [1.165, 1.54) is 16.7 Å². The Labute approximate surface area is 113 Å². The molecule has 0 spiro atoms. The molecule has 0 radical (unpaired) electrons. The molecule has 1 aromatic heterocycles. The Hall–Kier alpha value is -1.32. The van der Waals surface area contributed by atoms with Crippen LogP contribution < -0.4 is 11.1 Å². The van der Waals surface area contributed by atoms with Gasteiger partial charge < -0.3 is 11.1 Å². The van der Waals surface area contributed by atoms with Crippen molar-refractivity contribution in [2.75, 3.05) is 12.3 Å². The Kier molecular flexibility index (Phi) is 4.79. The van der Waals surface area contributed by atoms with E-state index in [1.54, 1.807) is 11.3 Å². The SMILES string of the molecule is Cc1cscc1CNCCCc1ccccc1N. The number of nitrogens with one attached hydrogen (secondary N) is 1. The minimum Gasteiger partial charge on any atom is -0.399 e. The molecule has 0 bridgehead atoms. The van der Waals surface area contributed by atoms with E-state index >= 15 is 0 Å². The van der Waals surface area contributed by atoms with Crippen LogP contribution in [0.1, 0.15) is 23.1 Å². The summed E-state index contributed by atoms with van der Waals surface area (Å²) in [5.41, 5.74) is 10.9. The van der Waals surface area contributed by atoms with Gasteiger partial charge in [0.05, 0.1) is 0 Å². The van der Waals surface area contributed by atoms with Crippen LogP contribution in [0.2, 0.25) is 0 Å². The Morgan fingerprint density at radius 1 is 1.17 bits per heavy atom. The van der Waals surface area contributed by atoms with Gasteiger partial charge in [0.2, 0.25) is 0 Å². The third-order valence-corrected chi connectivity index (χ3v) is 4.04. The lowest BCUT2D eigenvalue weighted by molar-refractivity contribution is 0.649. The number of anilines is 1. The number of nitrogens with two attached hydrogens (primary N) is 1. The molecule has 3 heteroatoms. The van der Waals surface area contributed by atoms with Gasteiger partial charge in [0.1, 0.15) is 0 Å². The second kappa shape index (κ2) is 6.57. The smallest absolute Gasteiger partial charge is 0.0346 e. The molecular weight excluding hydrogens is 240 g/mol. The van der Waals surface area contributed by atoms with Gasteiger partial charge in [0, 0.05) is 12.2 Å². The summed E-state index contributed by atoms with van der Waals surface area (Å²) in [6, 6.07) is 8.11. The quantitative estimate of drug-likeness (QED) is 0.617. The van der Waals surface area contributed by atoms with Crippen LogP contribution in [0.4, 0.5) is 5.69 Å². The second-order valence-corrected chi connectivity index (χ2v) is 5.30. The summed E-state index contributed by atoms with van der Waals surface area (Å²) in [5, 5.41) is 7.90. The Bertz CT molecular complexity index is 491. The molecule has 0 aliphatic rings. The topological polar surface area (TPSA) is 38.0 Å². The average Bonchev–Trinajstić information content (AvgIpc) is 2.77. The van der Waals surface area contributed by atoms with Crippen molar-refractivity contribution in [2.24, 2.45) is 0 Å². The monoisotopic (exact) mass is 260 g/mol. The number of aryl methyl sites for hydroxylation is 2. The molecule has 0 atom stereocenters. The Morgan fingerprint density at radius 3 is 2.72 bits per heavy atom. The zero-order chi connectivity index (χ0) is 12.8. The van der Waals surface area contributed by atoms with Crippen LogP contribution in [0.15, 0.2) is 35.0 Å². The Morgan fingerprint density at radius 2 is 2.00 bits per heavy atom. The fraction of sp³-hybridized carbons (Fsp3) is 0.333. The zero-order valence-corrected chi connectivity index (χ0v) is 11.6. The highest BCUT2D eigenvalue weighted by Gasteiger charge is 1.99. The normalized spacial score (nSPS) is 10.7. The van der Waals surface area contributed by atoms with Crippen molar-refractivity contribution in [1.82, 2.24) is 5.32 Å². The molecule has 2 rings (SSSR count). The van der Waals surface area contributed by atoms with Gasteiger partial charge in [-0.2, -0.15) is 11.3 Å². The van der Waals surface area contributed by atoms with Crippen LogP contribution in [-0.2, 0) is 13.0 Å². The fourth-order valence-corrected chi connectivity index (χ4v) is 2.81. The van der Waals surface area contributed by atoms with E-state index in [9.17, 15) is 0 Å². The summed E-state index contributed by atoms with van der Waals surface area (Å²) in [4.78, 5) is 0. The molecular formula is C15H20N2S. The number of para-hydroxylation sites is 1. The van der Waals surface area contributed by atoms with Gasteiger partial charge >= 0.3 is 0 Å². The van der Waals surface area contributed by atoms with Crippen LogP contribution in [0.25, 0.3) is 0 Å². The molecule has 2 aromatic rings. The van der Waals surface area contributed by atoms with Gasteiger partial charge in [-0.05, 0) is 59.8 Å². The van der Waals surface area contributed by atoms with Crippen LogP contribution in [-0.4, -0.2) is 6.54 Å². The number of hydrogen-bond acceptors (Lipinski definition) is 3. The van der Waals surface area contributed by atoms with Gasteiger partial charge in [0.25, 0.3) is 0 Å². The molecule has 0 aliphatic carbocycles. The minimum absolute atomic E-state index is 0.908. The maximum Gasteiger partial charge on any atom is 0.0346 e. The molecule has 0 aliphatic heterocycles. The van der Waals surface area contributed by atoms with E-state index in [4.69, 9.17) is 5.73 Å². The summed E-state index contributed by atoms with van der Waals surface area (Å²) in [5.74, 6) is 0.